The molecule has 0 radical (unpaired) electrons. The summed E-state index contributed by atoms with van der Waals surface area (Å²) in [6.07, 6.45) is 1.53. The van der Waals surface area contributed by atoms with Crippen molar-refractivity contribution in [2.75, 3.05) is 20.3 Å². The Labute approximate surface area is 153 Å². The highest BCUT2D eigenvalue weighted by molar-refractivity contribution is 5.95. The number of methoxy groups -OCH3 is 1. The molecule has 1 aromatic rings. The summed E-state index contributed by atoms with van der Waals surface area (Å²) in [6.45, 7) is 6.41. The van der Waals surface area contributed by atoms with Crippen molar-refractivity contribution in [2.24, 2.45) is 0 Å². The van der Waals surface area contributed by atoms with Crippen LogP contribution in [0.2, 0.25) is 0 Å². The van der Waals surface area contributed by atoms with E-state index < -0.39 is 12.0 Å². The number of rotatable bonds is 8. The molecule has 0 saturated carbocycles. The van der Waals surface area contributed by atoms with Gasteiger partial charge in [-0.2, -0.15) is 0 Å². The van der Waals surface area contributed by atoms with E-state index in [9.17, 15) is 9.59 Å². The van der Waals surface area contributed by atoms with Gasteiger partial charge in [-0.25, -0.2) is 9.59 Å². The molecule has 1 aliphatic rings. The zero-order chi connectivity index (χ0) is 19.1. The van der Waals surface area contributed by atoms with Crippen LogP contribution in [0.25, 0.3) is 0 Å². The van der Waals surface area contributed by atoms with Crippen LogP contribution in [0.1, 0.15) is 45.2 Å². The zero-order valence-corrected chi connectivity index (χ0v) is 15.7. The van der Waals surface area contributed by atoms with Crippen LogP contribution in [0.5, 0.6) is 11.5 Å². The van der Waals surface area contributed by atoms with Gasteiger partial charge < -0.3 is 24.8 Å². The SMILES string of the molecule is CCCOC(=O)C1=C(C)NC(=O)NC1c1cccc(OC)c1OCCC. The van der Waals surface area contributed by atoms with Crippen LogP contribution >= 0.6 is 0 Å². The van der Waals surface area contributed by atoms with Gasteiger partial charge in [0.25, 0.3) is 0 Å². The fourth-order valence-corrected chi connectivity index (χ4v) is 2.75. The quantitative estimate of drug-likeness (QED) is 0.694. The highest BCUT2D eigenvalue weighted by Gasteiger charge is 2.34. The molecule has 0 aliphatic carbocycles. The lowest BCUT2D eigenvalue weighted by atomic mass is 9.94. The first kappa shape index (κ1) is 19.6. The number of hydrogen-bond donors (Lipinski definition) is 2. The van der Waals surface area contributed by atoms with Gasteiger partial charge in [-0.05, 0) is 25.8 Å². The number of carbonyl (C=O) groups excluding carboxylic acids is 2. The normalized spacial score (nSPS) is 16.6. The number of carbonyl (C=O) groups is 2. The molecular weight excluding hydrogens is 336 g/mol. The highest BCUT2D eigenvalue weighted by atomic mass is 16.5. The third-order valence-electron chi connectivity index (χ3n) is 3.92. The Hall–Kier alpha value is -2.70. The first-order valence-corrected chi connectivity index (χ1v) is 8.78. The van der Waals surface area contributed by atoms with E-state index in [1.165, 1.54) is 0 Å². The first-order valence-electron chi connectivity index (χ1n) is 8.78. The Bertz CT molecular complexity index is 699. The summed E-state index contributed by atoms with van der Waals surface area (Å²) in [6, 6.07) is 4.32. The van der Waals surface area contributed by atoms with Crippen molar-refractivity contribution in [3.8, 4) is 11.5 Å². The van der Waals surface area contributed by atoms with Crippen LogP contribution in [0.15, 0.2) is 29.5 Å². The van der Waals surface area contributed by atoms with Gasteiger partial charge in [-0.15, -0.1) is 0 Å². The van der Waals surface area contributed by atoms with E-state index in [1.54, 1.807) is 26.2 Å². The summed E-state index contributed by atoms with van der Waals surface area (Å²) in [7, 11) is 1.55. The van der Waals surface area contributed by atoms with Gasteiger partial charge in [0.1, 0.15) is 0 Å². The van der Waals surface area contributed by atoms with E-state index in [0.29, 0.717) is 48.0 Å². The Morgan fingerprint density at radius 2 is 1.92 bits per heavy atom. The Morgan fingerprint density at radius 3 is 2.58 bits per heavy atom. The van der Waals surface area contributed by atoms with E-state index >= 15 is 0 Å². The molecule has 2 rings (SSSR count). The second-order valence-corrected chi connectivity index (χ2v) is 5.93. The van der Waals surface area contributed by atoms with Crippen molar-refractivity contribution in [3.63, 3.8) is 0 Å². The minimum Gasteiger partial charge on any atom is -0.493 e. The number of allylic oxidation sites excluding steroid dienone is 1. The molecule has 1 aromatic carbocycles. The molecule has 0 spiro atoms. The molecule has 0 saturated heterocycles. The number of urea groups is 1. The first-order chi connectivity index (χ1) is 12.5. The van der Waals surface area contributed by atoms with Crippen molar-refractivity contribution in [1.29, 1.82) is 0 Å². The maximum Gasteiger partial charge on any atom is 0.338 e. The summed E-state index contributed by atoms with van der Waals surface area (Å²) in [5, 5.41) is 5.43. The number of amides is 2. The number of nitrogens with one attached hydrogen (secondary N) is 2. The molecular formula is C19H26N2O5. The highest BCUT2D eigenvalue weighted by Crippen LogP contribution is 2.39. The molecule has 1 heterocycles. The average molecular weight is 362 g/mol. The third-order valence-corrected chi connectivity index (χ3v) is 3.92. The van der Waals surface area contributed by atoms with Gasteiger partial charge in [0.05, 0.1) is 31.9 Å². The van der Waals surface area contributed by atoms with Crippen LogP contribution in [-0.2, 0) is 9.53 Å². The topological polar surface area (TPSA) is 85.9 Å². The van der Waals surface area contributed by atoms with Crippen molar-refractivity contribution in [1.82, 2.24) is 10.6 Å². The summed E-state index contributed by atoms with van der Waals surface area (Å²) in [4.78, 5) is 24.6. The summed E-state index contributed by atoms with van der Waals surface area (Å²) < 4.78 is 16.6. The Morgan fingerprint density at radius 1 is 1.19 bits per heavy atom. The lowest BCUT2D eigenvalue weighted by Crippen LogP contribution is -2.45. The lowest BCUT2D eigenvalue weighted by Gasteiger charge is -2.29. The van der Waals surface area contributed by atoms with Gasteiger partial charge >= 0.3 is 12.0 Å². The largest absolute Gasteiger partial charge is 0.493 e. The number of ether oxygens (including phenoxy) is 3. The molecule has 7 nitrogen and oxygen atoms in total. The van der Waals surface area contributed by atoms with Gasteiger partial charge in [0, 0.05) is 11.3 Å². The van der Waals surface area contributed by atoms with E-state index in [4.69, 9.17) is 14.2 Å². The van der Waals surface area contributed by atoms with Gasteiger partial charge in [-0.1, -0.05) is 26.0 Å². The molecule has 1 unspecified atom stereocenters. The maximum absolute atomic E-state index is 12.6. The van der Waals surface area contributed by atoms with Crippen LogP contribution in [0.4, 0.5) is 4.79 Å². The standard InChI is InChI=1S/C19H26N2O5/c1-5-10-25-17-13(8-7-9-14(17)24-4)16-15(18(22)26-11-6-2)12(3)20-19(23)21-16/h7-9,16H,5-6,10-11H2,1-4H3,(H2,20,21,23). The van der Waals surface area contributed by atoms with Crippen molar-refractivity contribution in [2.45, 2.75) is 39.7 Å². The molecule has 0 bridgehead atoms. The molecule has 1 atom stereocenters. The van der Waals surface area contributed by atoms with E-state index in [1.807, 2.05) is 19.9 Å². The molecule has 2 N–H and O–H groups in total. The molecule has 2 amide bonds. The van der Waals surface area contributed by atoms with Crippen LogP contribution in [-0.4, -0.2) is 32.3 Å². The average Bonchev–Trinajstić information content (AvgIpc) is 2.63. The zero-order valence-electron chi connectivity index (χ0n) is 15.7. The smallest absolute Gasteiger partial charge is 0.338 e. The van der Waals surface area contributed by atoms with E-state index in [2.05, 4.69) is 10.6 Å². The van der Waals surface area contributed by atoms with Crippen molar-refractivity contribution < 1.29 is 23.8 Å². The fourth-order valence-electron chi connectivity index (χ4n) is 2.75. The number of benzene rings is 1. The van der Waals surface area contributed by atoms with E-state index in [0.717, 1.165) is 6.42 Å². The van der Waals surface area contributed by atoms with Crippen LogP contribution in [0.3, 0.4) is 0 Å². The molecule has 0 aromatic heterocycles. The molecule has 7 heteroatoms. The summed E-state index contributed by atoms with van der Waals surface area (Å²) >= 11 is 0. The Kier molecular flexibility index (Phi) is 6.89. The maximum atomic E-state index is 12.6. The Balaban J connectivity index is 2.50. The molecule has 1 aliphatic heterocycles. The number of hydrogen-bond acceptors (Lipinski definition) is 5. The third kappa shape index (κ3) is 4.28. The van der Waals surface area contributed by atoms with Gasteiger partial charge in [0.2, 0.25) is 0 Å². The molecule has 0 fully saturated rings. The van der Waals surface area contributed by atoms with Gasteiger partial charge in [0.15, 0.2) is 11.5 Å². The van der Waals surface area contributed by atoms with Crippen LogP contribution in [0, 0.1) is 0 Å². The minimum absolute atomic E-state index is 0.313. The van der Waals surface area contributed by atoms with Crippen LogP contribution < -0.4 is 20.1 Å². The van der Waals surface area contributed by atoms with Crippen molar-refractivity contribution >= 4 is 12.0 Å². The second-order valence-electron chi connectivity index (χ2n) is 5.93. The molecule has 142 valence electrons. The number of para-hydroxylation sites is 1. The summed E-state index contributed by atoms with van der Waals surface area (Å²) in [5.41, 5.74) is 1.47. The summed E-state index contributed by atoms with van der Waals surface area (Å²) in [5.74, 6) is 0.589. The molecule has 26 heavy (non-hydrogen) atoms. The number of esters is 1. The van der Waals surface area contributed by atoms with E-state index in [-0.39, 0.29) is 6.03 Å². The monoisotopic (exact) mass is 362 g/mol. The van der Waals surface area contributed by atoms with Gasteiger partial charge in [-0.3, -0.25) is 0 Å². The fraction of sp³-hybridized carbons (Fsp3) is 0.474. The second kappa shape index (κ2) is 9.12. The minimum atomic E-state index is -0.685. The lowest BCUT2D eigenvalue weighted by molar-refractivity contribution is -0.139. The predicted molar refractivity (Wildman–Crippen MR) is 97.1 cm³/mol. The van der Waals surface area contributed by atoms with Crippen molar-refractivity contribution in [3.05, 3.63) is 35.0 Å². The predicted octanol–water partition coefficient (Wildman–Crippen LogP) is 3.07.